The Kier molecular flexibility index (Phi) is 8.36. The Morgan fingerprint density at radius 2 is 1.27 bits per heavy atom. The van der Waals surface area contributed by atoms with E-state index in [2.05, 4.69) is 34.6 Å². The topological polar surface area (TPSA) is 123 Å². The summed E-state index contributed by atoms with van der Waals surface area (Å²) in [4.78, 5) is 27.0. The van der Waals surface area contributed by atoms with E-state index in [1.807, 2.05) is 13.8 Å². The minimum absolute atomic E-state index is 0.0227. The standard InChI is InChI=1S/C40H62O8/c1-12-22(3)31(43)46-29-30(47-32(44)23(4)13-2)40-26(20-34(29,5)6)39(48-33(40)45)19-15-25-36(9)17-16-27(41)35(7,8)24(36)14-18-37(25,10)38(39,11)21-28(40)42/h12-13,24-30,33,41-42,45H,14-21H2,1-11H3/b22-12+,23-13-/t24?,25?,26?,27-,28+,29-,30-,33-,36-,37+,38-,39?,40?/m0/s1. The maximum atomic E-state index is 13.6. The molecule has 13 atom stereocenters. The van der Waals surface area contributed by atoms with E-state index in [-0.39, 0.29) is 28.3 Å². The molecular weight excluding hydrogens is 608 g/mol. The van der Waals surface area contributed by atoms with Crippen LogP contribution in [0.1, 0.15) is 128 Å². The lowest BCUT2D eigenvalue weighted by atomic mass is 9.30. The summed E-state index contributed by atoms with van der Waals surface area (Å²) in [7, 11) is 0. The van der Waals surface area contributed by atoms with Crippen LogP contribution in [0.3, 0.4) is 0 Å². The van der Waals surface area contributed by atoms with Crippen molar-refractivity contribution < 1.29 is 39.1 Å². The molecular formula is C40H62O8. The van der Waals surface area contributed by atoms with E-state index in [9.17, 15) is 24.9 Å². The summed E-state index contributed by atoms with van der Waals surface area (Å²) in [6.07, 6.45) is 4.76. The summed E-state index contributed by atoms with van der Waals surface area (Å²) in [6.45, 7) is 22.7. The smallest absolute Gasteiger partial charge is 0.333 e. The normalized spacial score (nSPS) is 50.7. The van der Waals surface area contributed by atoms with Gasteiger partial charge in [0.1, 0.15) is 6.10 Å². The van der Waals surface area contributed by atoms with Crippen molar-refractivity contribution in [2.24, 2.45) is 50.2 Å². The first-order chi connectivity index (χ1) is 22.2. The average Bonchev–Trinajstić information content (AvgIpc) is 3.21. The first-order valence-corrected chi connectivity index (χ1v) is 18.6. The number of fused-ring (bicyclic) bond motifs is 4. The van der Waals surface area contributed by atoms with Crippen LogP contribution in [0.4, 0.5) is 0 Å². The Morgan fingerprint density at radius 3 is 1.85 bits per heavy atom. The summed E-state index contributed by atoms with van der Waals surface area (Å²) in [6, 6.07) is 0. The lowest BCUT2D eigenvalue weighted by molar-refractivity contribution is -0.312. The number of hydrogen-bond donors (Lipinski definition) is 3. The number of carbonyl (C=O) groups excluding carboxylic acids is 2. The van der Waals surface area contributed by atoms with Crippen LogP contribution in [0, 0.1) is 50.2 Å². The van der Waals surface area contributed by atoms with Gasteiger partial charge < -0.3 is 29.5 Å². The Balaban J connectivity index is 1.49. The van der Waals surface area contributed by atoms with Gasteiger partial charge in [0.15, 0.2) is 12.4 Å². The summed E-state index contributed by atoms with van der Waals surface area (Å²) < 4.78 is 19.7. The van der Waals surface area contributed by atoms with Crippen molar-refractivity contribution in [2.75, 3.05) is 0 Å². The molecule has 2 bridgehead atoms. The van der Waals surface area contributed by atoms with E-state index >= 15 is 0 Å². The molecule has 0 aromatic heterocycles. The Hall–Kier alpha value is -1.74. The van der Waals surface area contributed by atoms with E-state index in [0.717, 1.165) is 38.5 Å². The van der Waals surface area contributed by atoms with E-state index in [1.165, 1.54) is 0 Å². The lowest BCUT2D eigenvalue weighted by Gasteiger charge is -2.75. The quantitative estimate of drug-likeness (QED) is 0.225. The van der Waals surface area contributed by atoms with Crippen LogP contribution in [0.5, 0.6) is 0 Å². The minimum Gasteiger partial charge on any atom is -0.454 e. The maximum Gasteiger partial charge on any atom is 0.333 e. The zero-order valence-electron chi connectivity index (χ0n) is 31.3. The van der Waals surface area contributed by atoms with Gasteiger partial charge in [-0.05, 0) is 107 Å². The van der Waals surface area contributed by atoms with Crippen molar-refractivity contribution in [3.63, 3.8) is 0 Å². The molecule has 6 aliphatic rings. The second-order valence-electron chi connectivity index (χ2n) is 18.7. The fraction of sp³-hybridized carbons (Fsp3) is 0.850. The monoisotopic (exact) mass is 670 g/mol. The van der Waals surface area contributed by atoms with Crippen LogP contribution in [-0.4, -0.2) is 63.6 Å². The molecule has 1 saturated heterocycles. The van der Waals surface area contributed by atoms with Crippen molar-refractivity contribution in [1.29, 1.82) is 0 Å². The van der Waals surface area contributed by atoms with Crippen LogP contribution in [0.25, 0.3) is 0 Å². The minimum atomic E-state index is -1.42. The zero-order chi connectivity index (χ0) is 35.6. The van der Waals surface area contributed by atoms with Crippen molar-refractivity contribution in [3.8, 4) is 0 Å². The van der Waals surface area contributed by atoms with Gasteiger partial charge in [-0.2, -0.15) is 0 Å². The highest BCUT2D eigenvalue weighted by Crippen LogP contribution is 2.81. The molecule has 8 heteroatoms. The van der Waals surface area contributed by atoms with Gasteiger partial charge in [0.25, 0.3) is 0 Å². The molecule has 1 spiro atoms. The Bertz CT molecular complexity index is 1410. The third-order valence-corrected chi connectivity index (χ3v) is 16.4. The number of aliphatic hydroxyl groups is 3. The predicted molar refractivity (Wildman–Crippen MR) is 182 cm³/mol. The molecule has 6 fully saturated rings. The van der Waals surface area contributed by atoms with Crippen molar-refractivity contribution >= 4 is 11.9 Å². The van der Waals surface area contributed by atoms with E-state index in [1.54, 1.807) is 39.8 Å². The molecule has 5 aliphatic carbocycles. The van der Waals surface area contributed by atoms with Crippen LogP contribution in [0.15, 0.2) is 23.3 Å². The Labute approximate surface area is 288 Å². The van der Waals surface area contributed by atoms with Crippen LogP contribution < -0.4 is 0 Å². The van der Waals surface area contributed by atoms with Gasteiger partial charge in [-0.3, -0.25) is 0 Å². The number of rotatable bonds is 4. The number of aliphatic hydroxyl groups excluding tert-OH is 3. The molecule has 48 heavy (non-hydrogen) atoms. The molecule has 0 aromatic carbocycles. The fourth-order valence-corrected chi connectivity index (χ4v) is 13.3. The summed E-state index contributed by atoms with van der Waals surface area (Å²) in [5.74, 6) is -0.679. The third-order valence-electron chi connectivity index (χ3n) is 16.4. The molecule has 270 valence electrons. The second kappa shape index (κ2) is 11.1. The fourth-order valence-electron chi connectivity index (χ4n) is 13.3. The number of hydrogen-bond acceptors (Lipinski definition) is 8. The van der Waals surface area contributed by atoms with E-state index < -0.39 is 58.4 Å². The largest absolute Gasteiger partial charge is 0.454 e. The summed E-state index contributed by atoms with van der Waals surface area (Å²) >= 11 is 0. The molecule has 3 N–H and O–H groups in total. The molecule has 5 unspecified atom stereocenters. The highest BCUT2D eigenvalue weighted by molar-refractivity contribution is 5.88. The molecule has 5 saturated carbocycles. The van der Waals surface area contributed by atoms with E-state index in [4.69, 9.17) is 14.2 Å². The summed E-state index contributed by atoms with van der Waals surface area (Å²) in [5.41, 5.74) is -2.87. The molecule has 1 aliphatic heterocycles. The van der Waals surface area contributed by atoms with Crippen LogP contribution in [-0.2, 0) is 23.8 Å². The third kappa shape index (κ3) is 4.27. The SMILES string of the molecule is C/C=C(/C)C(=O)O[C@H]1[C@H](OC(=O)/C(C)=C/C)C(C)(C)CC2C13[C@H](O)C[C@]1(C)C2(CCC2[C@@]4(C)CC[C@H](O)C(C)(C)C4CC[C@]21C)O[C@@H]3O. The lowest BCUT2D eigenvalue weighted by Crippen LogP contribution is -2.77. The number of ether oxygens (including phenoxy) is 3. The van der Waals surface area contributed by atoms with E-state index in [0.29, 0.717) is 35.8 Å². The van der Waals surface area contributed by atoms with Crippen molar-refractivity contribution in [1.82, 2.24) is 0 Å². The molecule has 0 radical (unpaired) electrons. The average molecular weight is 671 g/mol. The first kappa shape index (κ1) is 36.1. The van der Waals surface area contributed by atoms with Gasteiger partial charge in [0, 0.05) is 27.9 Å². The molecule has 0 aromatic rings. The summed E-state index contributed by atoms with van der Waals surface area (Å²) in [5, 5.41) is 36.1. The van der Waals surface area contributed by atoms with Gasteiger partial charge in [0.2, 0.25) is 0 Å². The molecule has 1 heterocycles. The predicted octanol–water partition coefficient (Wildman–Crippen LogP) is 6.65. The van der Waals surface area contributed by atoms with Crippen LogP contribution in [0.2, 0.25) is 0 Å². The zero-order valence-corrected chi connectivity index (χ0v) is 31.3. The highest BCUT2D eigenvalue weighted by Gasteiger charge is 2.85. The van der Waals surface area contributed by atoms with Crippen molar-refractivity contribution in [2.45, 2.75) is 164 Å². The molecule has 8 nitrogen and oxygen atoms in total. The highest BCUT2D eigenvalue weighted by atomic mass is 16.6. The maximum absolute atomic E-state index is 13.6. The van der Waals surface area contributed by atoms with Crippen molar-refractivity contribution in [3.05, 3.63) is 23.3 Å². The number of esters is 2. The first-order valence-electron chi connectivity index (χ1n) is 18.6. The number of carbonyl (C=O) groups is 2. The van der Waals surface area contributed by atoms with Gasteiger partial charge in [-0.15, -0.1) is 0 Å². The van der Waals surface area contributed by atoms with Gasteiger partial charge in [-0.25, -0.2) is 9.59 Å². The molecule has 0 amide bonds. The molecule has 6 rings (SSSR count). The number of allylic oxidation sites excluding steroid dienone is 2. The van der Waals surface area contributed by atoms with Gasteiger partial charge in [0.05, 0.1) is 23.2 Å². The Morgan fingerprint density at radius 1 is 0.708 bits per heavy atom. The second-order valence-corrected chi connectivity index (χ2v) is 18.7. The van der Waals surface area contributed by atoms with Crippen LogP contribution >= 0.6 is 0 Å². The van der Waals surface area contributed by atoms with Gasteiger partial charge >= 0.3 is 11.9 Å². The van der Waals surface area contributed by atoms with Gasteiger partial charge in [-0.1, -0.05) is 60.6 Å².